The van der Waals surface area contributed by atoms with E-state index in [0.29, 0.717) is 6.54 Å². The highest BCUT2D eigenvalue weighted by Crippen LogP contribution is 2.04. The number of benzene rings is 1. The molecule has 0 aromatic heterocycles. The van der Waals surface area contributed by atoms with E-state index in [9.17, 15) is 9.59 Å². The Morgan fingerprint density at radius 3 is 2.47 bits per heavy atom. The van der Waals surface area contributed by atoms with Crippen LogP contribution in [0, 0.1) is 0 Å². The number of amides is 2. The van der Waals surface area contributed by atoms with Crippen LogP contribution in [-0.4, -0.2) is 36.3 Å². The number of hydrogen-bond donors (Lipinski definition) is 2. The van der Waals surface area contributed by atoms with Crippen LogP contribution >= 0.6 is 0 Å². The first kappa shape index (κ1) is 13.0. The lowest BCUT2D eigenvalue weighted by atomic mass is 10.3. The van der Waals surface area contributed by atoms with Gasteiger partial charge in [0.25, 0.3) is 0 Å². The van der Waals surface area contributed by atoms with Gasteiger partial charge in [-0.15, -0.1) is 0 Å². The molecule has 2 amide bonds. The van der Waals surface area contributed by atoms with Crippen molar-refractivity contribution < 1.29 is 9.59 Å². The van der Waals surface area contributed by atoms with E-state index in [-0.39, 0.29) is 19.0 Å². The Labute approximate surface area is 101 Å². The van der Waals surface area contributed by atoms with Crippen LogP contribution in [0.3, 0.4) is 0 Å². The van der Waals surface area contributed by atoms with Crippen molar-refractivity contribution in [3.05, 3.63) is 30.3 Å². The predicted molar refractivity (Wildman–Crippen MR) is 66.4 cm³/mol. The zero-order valence-corrected chi connectivity index (χ0v) is 9.85. The second kappa shape index (κ2) is 6.52. The topological polar surface area (TPSA) is 75.4 Å². The van der Waals surface area contributed by atoms with Crippen molar-refractivity contribution in [2.45, 2.75) is 6.92 Å². The molecule has 0 radical (unpaired) electrons. The second-order valence-corrected chi connectivity index (χ2v) is 3.59. The fourth-order valence-corrected chi connectivity index (χ4v) is 1.41. The Bertz CT molecular complexity index is 379. The van der Waals surface area contributed by atoms with E-state index < -0.39 is 5.91 Å². The molecule has 0 atom stereocenters. The minimum atomic E-state index is -0.500. The number of hydrogen-bond acceptors (Lipinski definition) is 3. The van der Waals surface area contributed by atoms with Gasteiger partial charge in [0.2, 0.25) is 11.8 Å². The van der Waals surface area contributed by atoms with Gasteiger partial charge in [-0.05, 0) is 19.1 Å². The summed E-state index contributed by atoms with van der Waals surface area (Å²) in [4.78, 5) is 23.9. The molecule has 17 heavy (non-hydrogen) atoms. The molecule has 0 unspecified atom stereocenters. The molecule has 0 aliphatic carbocycles. The average Bonchev–Trinajstić information content (AvgIpc) is 2.34. The van der Waals surface area contributed by atoms with Crippen LogP contribution in [0.15, 0.2) is 30.3 Å². The standard InChI is InChI=1S/C12H17N3O2/c1-2-15(9-11(13)16)12(17)8-14-10-6-4-3-5-7-10/h3-7,14H,2,8-9H2,1H3,(H2,13,16). The number of nitrogens with one attached hydrogen (secondary N) is 1. The summed E-state index contributed by atoms with van der Waals surface area (Å²) in [6.07, 6.45) is 0. The van der Waals surface area contributed by atoms with Gasteiger partial charge in [-0.1, -0.05) is 18.2 Å². The molecule has 5 nitrogen and oxygen atoms in total. The monoisotopic (exact) mass is 235 g/mol. The van der Waals surface area contributed by atoms with E-state index in [0.717, 1.165) is 5.69 Å². The van der Waals surface area contributed by atoms with E-state index in [1.807, 2.05) is 37.3 Å². The molecule has 3 N–H and O–H groups in total. The maximum absolute atomic E-state index is 11.7. The molecule has 92 valence electrons. The van der Waals surface area contributed by atoms with Gasteiger partial charge in [0.1, 0.15) is 0 Å². The molecule has 0 spiro atoms. The van der Waals surface area contributed by atoms with Crippen LogP contribution in [0.25, 0.3) is 0 Å². The van der Waals surface area contributed by atoms with Crippen LogP contribution < -0.4 is 11.1 Å². The van der Waals surface area contributed by atoms with Crippen LogP contribution in [0.2, 0.25) is 0 Å². The summed E-state index contributed by atoms with van der Waals surface area (Å²) >= 11 is 0. The lowest BCUT2D eigenvalue weighted by Crippen LogP contribution is -2.41. The fourth-order valence-electron chi connectivity index (χ4n) is 1.41. The SMILES string of the molecule is CCN(CC(N)=O)C(=O)CNc1ccccc1. The number of rotatable bonds is 6. The van der Waals surface area contributed by atoms with E-state index in [2.05, 4.69) is 5.32 Å². The molecule has 5 heteroatoms. The summed E-state index contributed by atoms with van der Waals surface area (Å²) in [6, 6.07) is 9.41. The van der Waals surface area contributed by atoms with E-state index in [1.54, 1.807) is 0 Å². The van der Waals surface area contributed by atoms with Gasteiger partial charge in [-0.25, -0.2) is 0 Å². The summed E-state index contributed by atoms with van der Waals surface area (Å²) in [7, 11) is 0. The lowest BCUT2D eigenvalue weighted by molar-refractivity contribution is -0.133. The summed E-state index contributed by atoms with van der Waals surface area (Å²) in [5.41, 5.74) is 5.93. The summed E-state index contributed by atoms with van der Waals surface area (Å²) < 4.78 is 0. The number of anilines is 1. The third-order valence-corrected chi connectivity index (χ3v) is 2.30. The first-order valence-electron chi connectivity index (χ1n) is 5.48. The molecule has 0 bridgehead atoms. The smallest absolute Gasteiger partial charge is 0.242 e. The predicted octanol–water partition coefficient (Wildman–Crippen LogP) is 0.432. The Morgan fingerprint density at radius 1 is 1.29 bits per heavy atom. The molecular formula is C12H17N3O2. The molecular weight excluding hydrogens is 218 g/mol. The third-order valence-electron chi connectivity index (χ3n) is 2.30. The van der Waals surface area contributed by atoms with Crippen molar-refractivity contribution in [3.8, 4) is 0 Å². The van der Waals surface area contributed by atoms with Crippen LogP contribution in [0.5, 0.6) is 0 Å². The molecule has 0 saturated carbocycles. The van der Waals surface area contributed by atoms with Gasteiger partial charge >= 0.3 is 0 Å². The third kappa shape index (κ3) is 4.55. The second-order valence-electron chi connectivity index (χ2n) is 3.59. The molecule has 0 heterocycles. The summed E-state index contributed by atoms with van der Waals surface area (Å²) in [6.45, 7) is 2.40. The molecule has 0 aliphatic rings. The highest BCUT2D eigenvalue weighted by Gasteiger charge is 2.13. The minimum absolute atomic E-state index is 0.0359. The van der Waals surface area contributed by atoms with E-state index in [1.165, 1.54) is 4.90 Å². The van der Waals surface area contributed by atoms with Crippen molar-refractivity contribution >= 4 is 17.5 Å². The summed E-state index contributed by atoms with van der Waals surface area (Å²) in [5, 5.41) is 2.99. The number of carbonyl (C=O) groups is 2. The van der Waals surface area contributed by atoms with Gasteiger partial charge in [0.15, 0.2) is 0 Å². The van der Waals surface area contributed by atoms with Crippen molar-refractivity contribution in [1.29, 1.82) is 0 Å². The highest BCUT2D eigenvalue weighted by molar-refractivity contribution is 5.86. The van der Waals surface area contributed by atoms with Gasteiger partial charge < -0.3 is 16.0 Å². The van der Waals surface area contributed by atoms with Gasteiger partial charge in [0, 0.05) is 12.2 Å². The number of nitrogens with zero attached hydrogens (tertiary/aromatic N) is 1. The molecule has 0 aliphatic heterocycles. The first-order chi connectivity index (χ1) is 8.13. The van der Waals surface area contributed by atoms with Gasteiger partial charge in [-0.3, -0.25) is 9.59 Å². The molecule has 1 aromatic rings. The Hall–Kier alpha value is -2.04. The highest BCUT2D eigenvalue weighted by atomic mass is 16.2. The molecule has 0 fully saturated rings. The number of primary amides is 1. The maximum atomic E-state index is 11.7. The van der Waals surface area contributed by atoms with Crippen LogP contribution in [0.1, 0.15) is 6.92 Å². The first-order valence-corrected chi connectivity index (χ1v) is 5.48. The average molecular weight is 235 g/mol. The quantitative estimate of drug-likeness (QED) is 0.751. The lowest BCUT2D eigenvalue weighted by Gasteiger charge is -2.19. The molecule has 1 aromatic carbocycles. The minimum Gasteiger partial charge on any atom is -0.376 e. The number of nitrogens with two attached hydrogens (primary N) is 1. The zero-order chi connectivity index (χ0) is 12.7. The van der Waals surface area contributed by atoms with E-state index >= 15 is 0 Å². The van der Waals surface area contributed by atoms with Crippen molar-refractivity contribution in [3.63, 3.8) is 0 Å². The Morgan fingerprint density at radius 2 is 1.94 bits per heavy atom. The number of para-hydroxylation sites is 1. The largest absolute Gasteiger partial charge is 0.376 e. The molecule has 1 rings (SSSR count). The summed E-state index contributed by atoms with van der Waals surface area (Å²) in [5.74, 6) is -0.643. The molecule has 0 saturated heterocycles. The Kier molecular flexibility index (Phi) is 5.00. The maximum Gasteiger partial charge on any atom is 0.242 e. The van der Waals surface area contributed by atoms with Crippen molar-refractivity contribution in [1.82, 2.24) is 4.90 Å². The normalized spacial score (nSPS) is 9.71. The number of likely N-dealkylation sites (N-methyl/N-ethyl adjacent to an activating group) is 1. The fraction of sp³-hybridized carbons (Fsp3) is 0.333. The van der Waals surface area contributed by atoms with Crippen molar-refractivity contribution in [2.75, 3.05) is 25.0 Å². The van der Waals surface area contributed by atoms with Crippen LogP contribution in [0.4, 0.5) is 5.69 Å². The number of carbonyl (C=O) groups excluding carboxylic acids is 2. The van der Waals surface area contributed by atoms with E-state index in [4.69, 9.17) is 5.73 Å². The van der Waals surface area contributed by atoms with Gasteiger partial charge in [-0.2, -0.15) is 0 Å². The van der Waals surface area contributed by atoms with Crippen LogP contribution in [-0.2, 0) is 9.59 Å². The zero-order valence-electron chi connectivity index (χ0n) is 9.85. The van der Waals surface area contributed by atoms with Crippen molar-refractivity contribution in [2.24, 2.45) is 5.73 Å². The van der Waals surface area contributed by atoms with Gasteiger partial charge in [0.05, 0.1) is 13.1 Å². The Balaban J connectivity index is 2.45.